The van der Waals surface area contributed by atoms with Crippen LogP contribution < -0.4 is 20.5 Å². The van der Waals surface area contributed by atoms with Gasteiger partial charge in [-0.05, 0) is 42.5 Å². The molecule has 1 aromatic heterocycles. The van der Waals surface area contributed by atoms with Crippen molar-refractivity contribution in [2.24, 2.45) is 11.8 Å². The summed E-state index contributed by atoms with van der Waals surface area (Å²) < 4.78 is 7.30. The molecule has 4 heterocycles. The SMILES string of the molecule is COc1ccccc1CNC(=O)[C@@H]1Cc2cc([N+](=O)[O-])ccc2N2CC3CC(Cn4c3cccc4=O)[C@@H]12. The molecule has 3 aliphatic rings. The second-order valence-electron chi connectivity index (χ2n) is 10.1. The highest BCUT2D eigenvalue weighted by Crippen LogP contribution is 2.47. The zero-order chi connectivity index (χ0) is 25.7. The zero-order valence-corrected chi connectivity index (χ0v) is 20.5. The first-order valence-corrected chi connectivity index (χ1v) is 12.6. The lowest BCUT2D eigenvalue weighted by atomic mass is 9.70. The first kappa shape index (κ1) is 23.3. The number of non-ortho nitro benzene ring substituents is 1. The maximum atomic E-state index is 13.7. The predicted octanol–water partition coefficient (Wildman–Crippen LogP) is 3.25. The molecule has 1 N–H and O–H groups in total. The number of pyridine rings is 1. The summed E-state index contributed by atoms with van der Waals surface area (Å²) in [5, 5.41) is 14.6. The molecule has 3 aliphatic heterocycles. The van der Waals surface area contributed by atoms with Gasteiger partial charge in [-0.25, -0.2) is 0 Å². The Labute approximate surface area is 213 Å². The number of carbonyl (C=O) groups excluding carboxylic acids is 1. The van der Waals surface area contributed by atoms with Crippen LogP contribution in [0.5, 0.6) is 5.75 Å². The molecule has 0 radical (unpaired) electrons. The van der Waals surface area contributed by atoms with E-state index in [1.165, 1.54) is 0 Å². The Kier molecular flexibility index (Phi) is 5.70. The van der Waals surface area contributed by atoms with Crippen LogP contribution in [0.2, 0.25) is 0 Å². The van der Waals surface area contributed by atoms with E-state index in [2.05, 4.69) is 10.2 Å². The first-order chi connectivity index (χ1) is 17.9. The molecule has 0 spiro atoms. The Morgan fingerprint density at radius 1 is 1.14 bits per heavy atom. The number of amides is 1. The number of hydrogen-bond donors (Lipinski definition) is 1. The molecule has 1 saturated heterocycles. The topological polar surface area (TPSA) is 107 Å². The number of carbonyl (C=O) groups is 1. The first-order valence-electron chi connectivity index (χ1n) is 12.6. The highest BCUT2D eigenvalue weighted by molar-refractivity contribution is 5.82. The molecule has 190 valence electrons. The molecule has 2 bridgehead atoms. The highest BCUT2D eigenvalue weighted by Gasteiger charge is 2.49. The van der Waals surface area contributed by atoms with Crippen LogP contribution in [0.3, 0.4) is 0 Å². The average molecular weight is 501 g/mol. The third kappa shape index (κ3) is 3.94. The number of nitrogens with zero attached hydrogens (tertiary/aromatic N) is 3. The number of hydrogen-bond acceptors (Lipinski definition) is 6. The lowest BCUT2D eigenvalue weighted by Gasteiger charge is -2.54. The van der Waals surface area contributed by atoms with Gasteiger partial charge < -0.3 is 19.5 Å². The van der Waals surface area contributed by atoms with Crippen LogP contribution in [0, 0.1) is 22.0 Å². The van der Waals surface area contributed by atoms with Crippen molar-refractivity contribution < 1.29 is 14.5 Å². The summed E-state index contributed by atoms with van der Waals surface area (Å²) in [5.74, 6) is 0.468. The van der Waals surface area contributed by atoms with Crippen molar-refractivity contribution >= 4 is 17.3 Å². The predicted molar refractivity (Wildman–Crippen MR) is 138 cm³/mol. The van der Waals surface area contributed by atoms with Gasteiger partial charge in [-0.15, -0.1) is 0 Å². The fourth-order valence-electron chi connectivity index (χ4n) is 6.61. The average Bonchev–Trinajstić information content (AvgIpc) is 2.91. The van der Waals surface area contributed by atoms with Crippen LogP contribution in [0.4, 0.5) is 11.4 Å². The van der Waals surface area contributed by atoms with Gasteiger partial charge in [-0.3, -0.25) is 19.7 Å². The second-order valence-corrected chi connectivity index (χ2v) is 10.1. The summed E-state index contributed by atoms with van der Waals surface area (Å²) in [5.41, 5.74) is 3.68. The molecule has 9 nitrogen and oxygen atoms in total. The minimum absolute atomic E-state index is 0.00958. The van der Waals surface area contributed by atoms with E-state index in [0.29, 0.717) is 31.8 Å². The van der Waals surface area contributed by atoms with Crippen molar-refractivity contribution in [3.8, 4) is 5.75 Å². The van der Waals surface area contributed by atoms with Crippen molar-refractivity contribution in [2.75, 3.05) is 18.6 Å². The summed E-state index contributed by atoms with van der Waals surface area (Å²) in [6.07, 6.45) is 1.32. The molecule has 2 unspecified atom stereocenters. The largest absolute Gasteiger partial charge is 0.496 e. The molecule has 1 amide bonds. The van der Waals surface area contributed by atoms with E-state index in [1.54, 1.807) is 25.3 Å². The van der Waals surface area contributed by atoms with Crippen molar-refractivity contribution in [3.63, 3.8) is 0 Å². The van der Waals surface area contributed by atoms with E-state index in [4.69, 9.17) is 4.74 Å². The molecule has 2 aromatic carbocycles. The summed E-state index contributed by atoms with van der Waals surface area (Å²) >= 11 is 0. The maximum Gasteiger partial charge on any atom is 0.269 e. The Balaban J connectivity index is 1.37. The molecule has 6 rings (SSSR count). The van der Waals surface area contributed by atoms with Crippen LogP contribution in [-0.4, -0.2) is 35.1 Å². The number of aromatic nitrogens is 1. The van der Waals surface area contributed by atoms with Gasteiger partial charge in [0, 0.05) is 66.7 Å². The molecule has 9 heteroatoms. The summed E-state index contributed by atoms with van der Waals surface area (Å²) in [6, 6.07) is 17.8. The molecule has 1 fully saturated rings. The minimum Gasteiger partial charge on any atom is -0.496 e. The van der Waals surface area contributed by atoms with E-state index in [0.717, 1.165) is 28.9 Å². The number of piperidine rings is 1. The van der Waals surface area contributed by atoms with Crippen LogP contribution in [0.1, 0.15) is 29.2 Å². The molecular weight excluding hydrogens is 472 g/mol. The minimum atomic E-state index is -0.406. The van der Waals surface area contributed by atoms with Crippen molar-refractivity contribution in [3.05, 3.63) is 98.0 Å². The number of nitrogens with one attached hydrogen (secondary N) is 1. The summed E-state index contributed by atoms with van der Waals surface area (Å²) in [7, 11) is 1.60. The van der Waals surface area contributed by atoms with E-state index >= 15 is 0 Å². The van der Waals surface area contributed by atoms with Gasteiger partial charge >= 0.3 is 0 Å². The summed E-state index contributed by atoms with van der Waals surface area (Å²) in [6.45, 7) is 1.54. The van der Waals surface area contributed by atoms with Gasteiger partial charge in [-0.2, -0.15) is 0 Å². The fourth-order valence-corrected chi connectivity index (χ4v) is 6.61. The van der Waals surface area contributed by atoms with Gasteiger partial charge in [-0.1, -0.05) is 24.3 Å². The van der Waals surface area contributed by atoms with Crippen LogP contribution >= 0.6 is 0 Å². The highest BCUT2D eigenvalue weighted by atomic mass is 16.6. The van der Waals surface area contributed by atoms with Gasteiger partial charge in [0.25, 0.3) is 11.2 Å². The number of benzene rings is 2. The number of ether oxygens (including phenoxy) is 1. The van der Waals surface area contributed by atoms with Crippen molar-refractivity contribution in [1.82, 2.24) is 9.88 Å². The van der Waals surface area contributed by atoms with Crippen molar-refractivity contribution in [2.45, 2.75) is 37.9 Å². The fraction of sp³-hybridized carbons (Fsp3) is 0.357. The van der Waals surface area contributed by atoms with E-state index < -0.39 is 10.8 Å². The Morgan fingerprint density at radius 2 is 1.97 bits per heavy atom. The van der Waals surface area contributed by atoms with Gasteiger partial charge in [0.15, 0.2) is 0 Å². The number of fused-ring (bicyclic) bond motifs is 8. The normalized spacial score (nSPS) is 23.3. The van der Waals surface area contributed by atoms with Crippen LogP contribution in [-0.2, 0) is 24.3 Å². The summed E-state index contributed by atoms with van der Waals surface area (Å²) in [4.78, 5) is 39.8. The molecule has 3 aromatic rings. The Bertz CT molecular complexity index is 1450. The third-order valence-electron chi connectivity index (χ3n) is 8.18. The zero-order valence-electron chi connectivity index (χ0n) is 20.5. The van der Waals surface area contributed by atoms with E-state index in [-0.39, 0.29) is 35.0 Å². The molecule has 0 aliphatic carbocycles. The number of anilines is 1. The van der Waals surface area contributed by atoms with Crippen molar-refractivity contribution in [1.29, 1.82) is 0 Å². The maximum absolute atomic E-state index is 13.7. The molecular formula is C28H28N4O5. The van der Waals surface area contributed by atoms with Gasteiger partial charge in [0.1, 0.15) is 5.75 Å². The molecule has 37 heavy (non-hydrogen) atoms. The second kappa shape index (κ2) is 9.06. The number of rotatable bonds is 5. The van der Waals surface area contributed by atoms with Gasteiger partial charge in [0.05, 0.1) is 18.0 Å². The standard InChI is InChI=1S/C28H28N4O5/c1-37-25-7-3-2-5-17(25)14-29-28(34)22-13-18-12-21(32(35)36)9-10-24(18)31-15-19-11-20(27(22)31)16-30-23(19)6-4-8-26(30)33/h2-10,12,19-20,22,27H,11,13-16H2,1H3,(H,29,34)/t19?,20?,22-,27+/m1/s1. The number of para-hydroxylation sites is 1. The smallest absolute Gasteiger partial charge is 0.269 e. The lowest BCUT2D eigenvalue weighted by molar-refractivity contribution is -0.384. The molecule has 4 atom stereocenters. The monoisotopic (exact) mass is 500 g/mol. The third-order valence-corrected chi connectivity index (χ3v) is 8.18. The van der Waals surface area contributed by atoms with E-state index in [1.807, 2.05) is 47.0 Å². The van der Waals surface area contributed by atoms with E-state index in [9.17, 15) is 19.7 Å². The van der Waals surface area contributed by atoms with Crippen LogP contribution in [0.25, 0.3) is 0 Å². The Morgan fingerprint density at radius 3 is 2.78 bits per heavy atom. The lowest BCUT2D eigenvalue weighted by Crippen LogP contribution is -2.61. The van der Waals surface area contributed by atoms with Gasteiger partial charge in [0.2, 0.25) is 5.91 Å². The number of methoxy groups -OCH3 is 1. The Hall–Kier alpha value is -4.14. The molecule has 0 saturated carbocycles. The number of nitro benzene ring substituents is 1. The quantitative estimate of drug-likeness (QED) is 0.426. The van der Waals surface area contributed by atoms with Crippen LogP contribution in [0.15, 0.2) is 65.5 Å². The number of nitro groups is 1.